The number of rotatable bonds is 7. The maximum atomic E-state index is 9.28. The lowest BCUT2D eigenvalue weighted by Gasteiger charge is -2.32. The summed E-state index contributed by atoms with van der Waals surface area (Å²) in [6.45, 7) is 3.51. The highest BCUT2D eigenvalue weighted by molar-refractivity contribution is 9.10. The van der Waals surface area contributed by atoms with E-state index in [0.717, 1.165) is 47.3 Å². The average molecular weight is 344 g/mol. The number of benzene rings is 1. The quantitative estimate of drug-likeness (QED) is 0.799. The first kappa shape index (κ1) is 15.6. The summed E-state index contributed by atoms with van der Waals surface area (Å²) in [5, 5.41) is 12.7. The van der Waals surface area contributed by atoms with Gasteiger partial charge in [-0.15, -0.1) is 0 Å². The molecule has 0 radical (unpaired) electrons. The molecule has 0 bridgehead atoms. The minimum Gasteiger partial charge on any atom is -0.493 e. The molecule has 1 aromatic carbocycles. The molecular formula is C15H22BrNO3. The number of ether oxygens (including phenoxy) is 2. The van der Waals surface area contributed by atoms with Gasteiger partial charge in [0.2, 0.25) is 0 Å². The highest BCUT2D eigenvalue weighted by Crippen LogP contribution is 2.36. The number of hydrogen-bond acceptors (Lipinski definition) is 4. The summed E-state index contributed by atoms with van der Waals surface area (Å²) in [6.07, 6.45) is 2.52. The molecule has 0 atom stereocenters. The van der Waals surface area contributed by atoms with Crippen molar-refractivity contribution < 1.29 is 14.6 Å². The van der Waals surface area contributed by atoms with E-state index in [0.29, 0.717) is 12.6 Å². The second-order valence-corrected chi connectivity index (χ2v) is 6.01. The maximum Gasteiger partial charge on any atom is 0.175 e. The zero-order valence-corrected chi connectivity index (χ0v) is 13.6. The predicted molar refractivity (Wildman–Crippen MR) is 82.3 cm³/mol. The molecule has 4 nitrogen and oxygen atoms in total. The van der Waals surface area contributed by atoms with Crippen LogP contribution in [0.2, 0.25) is 0 Å². The molecule has 0 amide bonds. The Morgan fingerprint density at radius 1 is 1.40 bits per heavy atom. The van der Waals surface area contributed by atoms with Crippen LogP contribution in [0.5, 0.6) is 11.5 Å². The van der Waals surface area contributed by atoms with Gasteiger partial charge in [0, 0.05) is 12.6 Å². The molecule has 0 heterocycles. The molecule has 1 aliphatic carbocycles. The van der Waals surface area contributed by atoms with Gasteiger partial charge in [0.1, 0.15) is 0 Å². The molecule has 0 aliphatic heterocycles. The second-order valence-electron chi connectivity index (χ2n) is 5.16. The smallest absolute Gasteiger partial charge is 0.175 e. The first-order valence-corrected chi connectivity index (χ1v) is 7.84. The van der Waals surface area contributed by atoms with Gasteiger partial charge in [0.05, 0.1) is 24.3 Å². The fourth-order valence-corrected chi connectivity index (χ4v) is 2.84. The molecule has 0 spiro atoms. The third kappa shape index (κ3) is 3.87. The van der Waals surface area contributed by atoms with Crippen molar-refractivity contribution in [3.63, 3.8) is 0 Å². The molecule has 2 N–H and O–H groups in total. The molecule has 2 rings (SSSR count). The number of nitrogens with one attached hydrogen (secondary N) is 1. The maximum absolute atomic E-state index is 9.28. The van der Waals surface area contributed by atoms with E-state index in [4.69, 9.17) is 9.47 Å². The van der Waals surface area contributed by atoms with Gasteiger partial charge >= 0.3 is 0 Å². The lowest BCUT2D eigenvalue weighted by Crippen LogP contribution is -2.43. The summed E-state index contributed by atoms with van der Waals surface area (Å²) in [5.74, 6) is 1.51. The molecule has 1 fully saturated rings. The Bertz CT molecular complexity index is 447. The minimum absolute atomic E-state index is 0.126. The second kappa shape index (κ2) is 7.29. The van der Waals surface area contributed by atoms with Crippen LogP contribution < -0.4 is 14.8 Å². The van der Waals surface area contributed by atoms with E-state index >= 15 is 0 Å². The van der Waals surface area contributed by atoms with E-state index in [9.17, 15) is 5.11 Å². The Morgan fingerprint density at radius 2 is 2.15 bits per heavy atom. The van der Waals surface area contributed by atoms with Gasteiger partial charge in [-0.3, -0.25) is 0 Å². The van der Waals surface area contributed by atoms with Crippen LogP contribution in [0.3, 0.4) is 0 Å². The van der Waals surface area contributed by atoms with Crippen LogP contribution in [0.4, 0.5) is 0 Å². The fraction of sp³-hybridized carbons (Fsp3) is 0.600. The van der Waals surface area contributed by atoms with Crippen LogP contribution in [-0.4, -0.2) is 31.0 Å². The first-order valence-electron chi connectivity index (χ1n) is 7.04. The Hall–Kier alpha value is -0.780. The molecule has 5 heteroatoms. The van der Waals surface area contributed by atoms with Gasteiger partial charge in [-0.1, -0.05) is 6.92 Å². The van der Waals surface area contributed by atoms with Gasteiger partial charge in [-0.25, -0.2) is 0 Å². The number of aliphatic hydroxyl groups excluding tert-OH is 1. The van der Waals surface area contributed by atoms with Gasteiger partial charge in [-0.2, -0.15) is 0 Å². The molecule has 1 saturated carbocycles. The number of methoxy groups -OCH3 is 1. The van der Waals surface area contributed by atoms with E-state index in [2.05, 4.69) is 34.2 Å². The largest absolute Gasteiger partial charge is 0.493 e. The van der Waals surface area contributed by atoms with E-state index < -0.39 is 0 Å². The van der Waals surface area contributed by atoms with Crippen LogP contribution >= 0.6 is 15.9 Å². The number of hydrogen-bond donors (Lipinski definition) is 2. The van der Waals surface area contributed by atoms with Crippen molar-refractivity contribution in [1.82, 2.24) is 5.32 Å². The summed E-state index contributed by atoms with van der Waals surface area (Å²) >= 11 is 3.54. The van der Waals surface area contributed by atoms with Crippen LogP contribution in [0, 0.1) is 0 Å². The summed E-state index contributed by atoms with van der Waals surface area (Å²) < 4.78 is 12.0. The predicted octanol–water partition coefficient (Wildman–Crippen LogP) is 2.86. The zero-order chi connectivity index (χ0) is 14.5. The summed E-state index contributed by atoms with van der Waals surface area (Å²) in [7, 11) is 1.65. The molecule has 1 aliphatic rings. The summed E-state index contributed by atoms with van der Waals surface area (Å²) in [4.78, 5) is 0. The van der Waals surface area contributed by atoms with Gasteiger partial charge in [0.25, 0.3) is 0 Å². The molecule has 0 unspecified atom stereocenters. The van der Waals surface area contributed by atoms with Gasteiger partial charge in [-0.05, 0) is 52.9 Å². The van der Waals surface area contributed by atoms with Crippen molar-refractivity contribution in [3.05, 3.63) is 22.2 Å². The Labute approximate surface area is 128 Å². The van der Waals surface area contributed by atoms with Crippen LogP contribution in [0.1, 0.15) is 31.7 Å². The van der Waals surface area contributed by atoms with E-state index in [1.165, 1.54) is 0 Å². The fourth-order valence-electron chi connectivity index (χ4n) is 2.24. The molecular weight excluding hydrogens is 322 g/mol. The van der Waals surface area contributed by atoms with Crippen molar-refractivity contribution in [2.24, 2.45) is 0 Å². The monoisotopic (exact) mass is 343 g/mol. The lowest BCUT2D eigenvalue weighted by atomic mass is 9.89. The molecule has 1 aromatic rings. The van der Waals surface area contributed by atoms with E-state index in [1.54, 1.807) is 7.11 Å². The molecule has 112 valence electrons. The van der Waals surface area contributed by atoms with Crippen molar-refractivity contribution in [2.75, 3.05) is 13.7 Å². The Balaban J connectivity index is 2.01. The topological polar surface area (TPSA) is 50.7 Å². The SMILES string of the molecule is CCCOc1c(Br)cc(CNC2CC(O)C2)cc1OC. The third-order valence-electron chi connectivity index (χ3n) is 3.45. The Kier molecular flexibility index (Phi) is 5.69. The molecule has 20 heavy (non-hydrogen) atoms. The van der Waals surface area contributed by atoms with Crippen LogP contribution in [0.25, 0.3) is 0 Å². The lowest BCUT2D eigenvalue weighted by molar-refractivity contribution is 0.0619. The van der Waals surface area contributed by atoms with Crippen molar-refractivity contribution >= 4 is 15.9 Å². The van der Waals surface area contributed by atoms with Crippen molar-refractivity contribution in [3.8, 4) is 11.5 Å². The van der Waals surface area contributed by atoms with Gasteiger partial charge < -0.3 is 19.9 Å². The standard InChI is InChI=1S/C15H22BrNO3/c1-3-4-20-15-13(16)5-10(6-14(15)19-2)9-17-11-7-12(18)8-11/h5-6,11-12,17-18H,3-4,7-9H2,1-2H3. The zero-order valence-electron chi connectivity index (χ0n) is 12.0. The third-order valence-corrected chi connectivity index (χ3v) is 4.04. The average Bonchev–Trinajstić information content (AvgIpc) is 2.40. The summed E-state index contributed by atoms with van der Waals surface area (Å²) in [5.41, 5.74) is 1.14. The molecule has 0 saturated heterocycles. The normalized spacial score (nSPS) is 21.4. The first-order chi connectivity index (χ1) is 9.63. The highest BCUT2D eigenvalue weighted by Gasteiger charge is 2.26. The summed E-state index contributed by atoms with van der Waals surface area (Å²) in [6, 6.07) is 4.47. The van der Waals surface area contributed by atoms with Crippen LogP contribution in [0.15, 0.2) is 16.6 Å². The van der Waals surface area contributed by atoms with E-state index in [-0.39, 0.29) is 6.10 Å². The molecule has 0 aromatic heterocycles. The number of halogens is 1. The van der Waals surface area contributed by atoms with Crippen LogP contribution in [-0.2, 0) is 6.54 Å². The van der Waals surface area contributed by atoms with E-state index in [1.807, 2.05) is 6.07 Å². The Morgan fingerprint density at radius 3 is 2.75 bits per heavy atom. The minimum atomic E-state index is -0.126. The number of aliphatic hydroxyl groups is 1. The highest BCUT2D eigenvalue weighted by atomic mass is 79.9. The van der Waals surface area contributed by atoms with Crippen molar-refractivity contribution in [1.29, 1.82) is 0 Å². The van der Waals surface area contributed by atoms with Gasteiger partial charge in [0.15, 0.2) is 11.5 Å². The van der Waals surface area contributed by atoms with Crippen molar-refractivity contribution in [2.45, 2.75) is 44.9 Å².